The van der Waals surface area contributed by atoms with Gasteiger partial charge in [0.25, 0.3) is 0 Å². The van der Waals surface area contributed by atoms with Gasteiger partial charge in [0, 0.05) is 0 Å². The number of aliphatic hydroxyl groups excluding tert-OH is 1. The third kappa shape index (κ3) is 1.73. The lowest BCUT2D eigenvalue weighted by molar-refractivity contribution is -0.197. The SMILES string of the molecule is C=C1CC23CC1CCC2C1(C)CCCC(C)(C)C1C(O)C3. The van der Waals surface area contributed by atoms with E-state index < -0.39 is 0 Å². The molecule has 0 aliphatic heterocycles. The highest BCUT2D eigenvalue weighted by Gasteiger charge is 2.65. The first-order valence-corrected chi connectivity index (χ1v) is 9.14. The molecule has 0 aromatic heterocycles. The topological polar surface area (TPSA) is 20.2 Å². The molecular weight excluding hydrogens is 256 g/mol. The first-order chi connectivity index (χ1) is 9.79. The minimum Gasteiger partial charge on any atom is -0.393 e. The van der Waals surface area contributed by atoms with Crippen molar-refractivity contribution in [1.29, 1.82) is 0 Å². The Bertz CT molecular complexity index is 478. The molecule has 6 atom stereocenters. The molecule has 2 bridgehead atoms. The molecule has 1 spiro atoms. The van der Waals surface area contributed by atoms with E-state index in [9.17, 15) is 5.11 Å². The van der Waals surface area contributed by atoms with Gasteiger partial charge in [-0.2, -0.15) is 0 Å². The third-order valence-corrected chi connectivity index (χ3v) is 8.24. The molecule has 1 heteroatoms. The summed E-state index contributed by atoms with van der Waals surface area (Å²) in [6.45, 7) is 11.7. The van der Waals surface area contributed by atoms with Gasteiger partial charge in [0.2, 0.25) is 0 Å². The van der Waals surface area contributed by atoms with E-state index in [0.29, 0.717) is 22.2 Å². The maximum Gasteiger partial charge on any atom is 0.0584 e. The van der Waals surface area contributed by atoms with Crippen LogP contribution in [0.2, 0.25) is 0 Å². The van der Waals surface area contributed by atoms with Crippen LogP contribution in [-0.2, 0) is 0 Å². The summed E-state index contributed by atoms with van der Waals surface area (Å²) in [5.41, 5.74) is 2.56. The number of hydrogen-bond acceptors (Lipinski definition) is 1. The van der Waals surface area contributed by atoms with Crippen LogP contribution in [0.5, 0.6) is 0 Å². The molecule has 4 aliphatic carbocycles. The predicted molar refractivity (Wildman–Crippen MR) is 86.9 cm³/mol. The van der Waals surface area contributed by atoms with Crippen molar-refractivity contribution in [2.24, 2.45) is 34.0 Å². The van der Waals surface area contributed by atoms with E-state index in [4.69, 9.17) is 0 Å². The molecule has 1 nitrogen and oxygen atoms in total. The third-order valence-electron chi connectivity index (χ3n) is 8.24. The molecular formula is C20H32O. The smallest absolute Gasteiger partial charge is 0.0584 e. The molecule has 6 unspecified atom stereocenters. The number of hydrogen-bond donors (Lipinski definition) is 1. The standard InChI is InChI=1S/C20H32O/c1-13-10-20-11-14(13)6-7-16(20)19(4)9-5-8-18(2,3)17(19)15(21)12-20/h14-17,21H,1,5-12H2,2-4H3. The first-order valence-electron chi connectivity index (χ1n) is 9.14. The lowest BCUT2D eigenvalue weighted by atomic mass is 9.40. The van der Waals surface area contributed by atoms with Crippen LogP contribution in [0.1, 0.15) is 72.1 Å². The van der Waals surface area contributed by atoms with Crippen LogP contribution in [-0.4, -0.2) is 11.2 Å². The molecule has 21 heavy (non-hydrogen) atoms. The molecule has 118 valence electrons. The van der Waals surface area contributed by atoms with Gasteiger partial charge in [-0.1, -0.05) is 39.3 Å². The second-order valence-corrected chi connectivity index (χ2v) is 9.83. The highest BCUT2D eigenvalue weighted by atomic mass is 16.3. The van der Waals surface area contributed by atoms with Gasteiger partial charge in [0.15, 0.2) is 0 Å². The molecule has 4 rings (SSSR count). The summed E-state index contributed by atoms with van der Waals surface area (Å²) < 4.78 is 0. The fourth-order valence-corrected chi connectivity index (χ4v) is 7.89. The van der Waals surface area contributed by atoms with Gasteiger partial charge in [-0.3, -0.25) is 0 Å². The van der Waals surface area contributed by atoms with E-state index in [1.807, 2.05) is 0 Å². The average molecular weight is 288 g/mol. The maximum atomic E-state index is 11.1. The summed E-state index contributed by atoms with van der Waals surface area (Å²) in [6, 6.07) is 0. The zero-order valence-corrected chi connectivity index (χ0v) is 14.1. The van der Waals surface area contributed by atoms with Crippen LogP contribution in [0.25, 0.3) is 0 Å². The molecule has 0 saturated heterocycles. The largest absolute Gasteiger partial charge is 0.393 e. The highest BCUT2D eigenvalue weighted by molar-refractivity contribution is 5.23. The Morgan fingerprint density at radius 3 is 2.62 bits per heavy atom. The number of aliphatic hydroxyl groups is 1. The molecule has 4 fully saturated rings. The summed E-state index contributed by atoms with van der Waals surface area (Å²) in [6.07, 6.45) is 10.2. The van der Waals surface area contributed by atoms with Crippen molar-refractivity contribution < 1.29 is 5.11 Å². The van der Waals surface area contributed by atoms with Crippen LogP contribution >= 0.6 is 0 Å². The Labute approximate surface area is 130 Å². The van der Waals surface area contributed by atoms with Crippen LogP contribution in [0, 0.1) is 34.0 Å². The lowest BCUT2D eigenvalue weighted by Crippen LogP contribution is -2.61. The number of rotatable bonds is 0. The first kappa shape index (κ1) is 14.3. The molecule has 0 amide bonds. The van der Waals surface area contributed by atoms with Gasteiger partial charge in [0.1, 0.15) is 0 Å². The summed E-state index contributed by atoms with van der Waals surface area (Å²) in [5.74, 6) is 2.10. The lowest BCUT2D eigenvalue weighted by Gasteiger charge is -2.65. The Balaban J connectivity index is 1.79. The molecule has 4 saturated carbocycles. The summed E-state index contributed by atoms with van der Waals surface area (Å²) in [4.78, 5) is 0. The molecule has 0 aromatic carbocycles. The summed E-state index contributed by atoms with van der Waals surface area (Å²) in [5, 5.41) is 11.1. The van der Waals surface area contributed by atoms with Crippen LogP contribution in [0.4, 0.5) is 0 Å². The van der Waals surface area contributed by atoms with Crippen molar-refractivity contribution in [3.63, 3.8) is 0 Å². The number of fused-ring (bicyclic) bond motifs is 3. The predicted octanol–water partition coefficient (Wildman–Crippen LogP) is 4.95. The number of allylic oxidation sites excluding steroid dienone is 1. The average Bonchev–Trinajstić information content (AvgIpc) is 2.57. The van der Waals surface area contributed by atoms with Gasteiger partial charge in [-0.25, -0.2) is 0 Å². The monoisotopic (exact) mass is 288 g/mol. The molecule has 4 aliphatic rings. The van der Waals surface area contributed by atoms with E-state index >= 15 is 0 Å². The van der Waals surface area contributed by atoms with Crippen LogP contribution in [0.3, 0.4) is 0 Å². The summed E-state index contributed by atoms with van der Waals surface area (Å²) >= 11 is 0. The second-order valence-electron chi connectivity index (χ2n) is 9.83. The fraction of sp³-hybridized carbons (Fsp3) is 0.900. The molecule has 0 heterocycles. The van der Waals surface area contributed by atoms with Crippen molar-refractivity contribution in [3.05, 3.63) is 12.2 Å². The van der Waals surface area contributed by atoms with Gasteiger partial charge in [-0.05, 0) is 78.9 Å². The Hall–Kier alpha value is -0.300. The van der Waals surface area contributed by atoms with Crippen LogP contribution in [0.15, 0.2) is 12.2 Å². The van der Waals surface area contributed by atoms with E-state index in [0.717, 1.165) is 18.3 Å². The Kier molecular flexibility index (Phi) is 2.83. The minimum atomic E-state index is -0.0915. The molecule has 0 radical (unpaired) electrons. The van der Waals surface area contributed by atoms with Gasteiger partial charge >= 0.3 is 0 Å². The molecule has 1 N–H and O–H groups in total. The summed E-state index contributed by atoms with van der Waals surface area (Å²) in [7, 11) is 0. The van der Waals surface area contributed by atoms with Crippen molar-refractivity contribution in [2.45, 2.75) is 78.2 Å². The van der Waals surface area contributed by atoms with Crippen molar-refractivity contribution in [3.8, 4) is 0 Å². The maximum absolute atomic E-state index is 11.1. The van der Waals surface area contributed by atoms with E-state index in [1.54, 1.807) is 0 Å². The van der Waals surface area contributed by atoms with Crippen molar-refractivity contribution >= 4 is 0 Å². The van der Waals surface area contributed by atoms with Gasteiger partial charge < -0.3 is 5.11 Å². The fourth-order valence-electron chi connectivity index (χ4n) is 7.89. The Morgan fingerprint density at radius 2 is 1.86 bits per heavy atom. The van der Waals surface area contributed by atoms with Gasteiger partial charge in [-0.15, -0.1) is 0 Å². The Morgan fingerprint density at radius 1 is 1.10 bits per heavy atom. The van der Waals surface area contributed by atoms with E-state index in [1.165, 1.54) is 50.5 Å². The van der Waals surface area contributed by atoms with Crippen molar-refractivity contribution in [1.82, 2.24) is 0 Å². The zero-order valence-electron chi connectivity index (χ0n) is 14.1. The molecule has 0 aromatic rings. The van der Waals surface area contributed by atoms with Gasteiger partial charge in [0.05, 0.1) is 6.10 Å². The zero-order chi connectivity index (χ0) is 15.0. The minimum absolute atomic E-state index is 0.0915. The van der Waals surface area contributed by atoms with Crippen molar-refractivity contribution in [2.75, 3.05) is 0 Å². The second kappa shape index (κ2) is 4.16. The quantitative estimate of drug-likeness (QED) is 0.626. The normalized spacial score (nSPS) is 55.0. The highest BCUT2D eigenvalue weighted by Crippen LogP contribution is 2.71. The van der Waals surface area contributed by atoms with E-state index in [-0.39, 0.29) is 6.10 Å². The van der Waals surface area contributed by atoms with E-state index in [2.05, 4.69) is 27.4 Å². The van der Waals surface area contributed by atoms with Crippen LogP contribution < -0.4 is 0 Å².